The van der Waals surface area contributed by atoms with E-state index in [-0.39, 0.29) is 111 Å². The van der Waals surface area contributed by atoms with Crippen LogP contribution in [0.3, 0.4) is 0 Å². The second kappa shape index (κ2) is 27.3. The van der Waals surface area contributed by atoms with Gasteiger partial charge in [0.1, 0.15) is 24.4 Å². The van der Waals surface area contributed by atoms with Crippen molar-refractivity contribution in [2.24, 2.45) is 11.8 Å². The summed E-state index contributed by atoms with van der Waals surface area (Å²) in [6.45, 7) is 15.1. The quantitative estimate of drug-likeness (QED) is 0.0896. The van der Waals surface area contributed by atoms with Gasteiger partial charge in [-0.15, -0.1) is 0 Å². The Hall–Kier alpha value is -2.44. The number of ether oxygens (including phenoxy) is 12. The monoisotopic (exact) mass is 804 g/mol. The van der Waals surface area contributed by atoms with Gasteiger partial charge in [-0.2, -0.15) is 0 Å². The van der Waals surface area contributed by atoms with Gasteiger partial charge >= 0.3 is 23.9 Å². The molecule has 0 aromatic carbocycles. The van der Waals surface area contributed by atoms with Crippen molar-refractivity contribution in [1.82, 2.24) is 0 Å². The van der Waals surface area contributed by atoms with E-state index < -0.39 is 0 Å². The number of hydrogen-bond acceptors (Lipinski definition) is 16. The molecule has 4 aliphatic rings. The Morgan fingerprint density at radius 3 is 0.875 bits per heavy atom. The van der Waals surface area contributed by atoms with Gasteiger partial charge in [-0.05, 0) is 38.5 Å². The van der Waals surface area contributed by atoms with Crippen LogP contribution in [0, 0.1) is 11.8 Å². The average Bonchev–Trinajstić information content (AvgIpc) is 3.17. The van der Waals surface area contributed by atoms with E-state index in [2.05, 4.69) is 13.8 Å². The zero-order valence-corrected chi connectivity index (χ0v) is 34.4. The number of hydrogen-bond donors (Lipinski definition) is 0. The maximum absolute atomic E-state index is 11.9. The van der Waals surface area contributed by atoms with E-state index in [1.54, 1.807) is 0 Å². The third-order valence-electron chi connectivity index (χ3n) is 9.01. The van der Waals surface area contributed by atoms with Crippen molar-refractivity contribution in [3.05, 3.63) is 0 Å². The first-order valence-electron chi connectivity index (χ1n) is 20.7. The summed E-state index contributed by atoms with van der Waals surface area (Å²) < 4.78 is 65.4. The van der Waals surface area contributed by atoms with E-state index in [1.165, 1.54) is 0 Å². The van der Waals surface area contributed by atoms with Gasteiger partial charge in [0.05, 0.1) is 52.9 Å². The van der Waals surface area contributed by atoms with Crippen molar-refractivity contribution in [1.29, 1.82) is 0 Å². The van der Waals surface area contributed by atoms with Crippen LogP contribution in [-0.2, 0) is 76.0 Å². The average molecular weight is 805 g/mol. The lowest BCUT2D eigenvalue weighted by Gasteiger charge is -2.31. The Balaban J connectivity index is 0.000000300. The Morgan fingerprint density at radius 2 is 0.661 bits per heavy atom. The minimum absolute atomic E-state index is 0.191. The molecule has 56 heavy (non-hydrogen) atoms. The van der Waals surface area contributed by atoms with Gasteiger partial charge in [0.15, 0.2) is 25.2 Å². The molecule has 0 saturated carbocycles. The number of unbranched alkanes of at least 4 members (excludes halogenated alkanes) is 2. The zero-order chi connectivity index (χ0) is 40.7. The fourth-order valence-corrected chi connectivity index (χ4v) is 5.96. The van der Waals surface area contributed by atoms with Crippen molar-refractivity contribution in [2.45, 2.75) is 168 Å². The highest BCUT2D eigenvalue weighted by Gasteiger charge is 2.29. The van der Waals surface area contributed by atoms with Gasteiger partial charge < -0.3 is 56.8 Å². The molecule has 4 rings (SSSR count). The summed E-state index contributed by atoms with van der Waals surface area (Å²) in [6, 6.07) is 0. The smallest absolute Gasteiger partial charge is 0.306 e. The molecule has 0 radical (unpaired) electrons. The molecule has 16 nitrogen and oxygen atoms in total. The lowest BCUT2D eigenvalue weighted by atomic mass is 10.2. The topological polar surface area (TPSA) is 179 Å². The molecule has 4 aliphatic heterocycles. The first-order valence-corrected chi connectivity index (χ1v) is 20.7. The van der Waals surface area contributed by atoms with E-state index in [9.17, 15) is 19.2 Å². The lowest BCUT2D eigenvalue weighted by molar-refractivity contribution is -0.240. The summed E-state index contributed by atoms with van der Waals surface area (Å²) in [4.78, 5) is 47.5. The predicted octanol–water partition coefficient (Wildman–Crippen LogP) is 5.14. The first-order chi connectivity index (χ1) is 26.9. The summed E-state index contributed by atoms with van der Waals surface area (Å²) in [7, 11) is 0. The molecular weight excluding hydrogens is 736 g/mol. The molecular formula is C40H68O16. The van der Waals surface area contributed by atoms with Crippen LogP contribution in [0.2, 0.25) is 0 Å². The first kappa shape index (κ1) is 47.9. The largest absolute Gasteiger partial charge is 0.457 e. The van der Waals surface area contributed by atoms with Crippen LogP contribution in [0.5, 0.6) is 0 Å². The Labute approximate surface area is 332 Å². The summed E-state index contributed by atoms with van der Waals surface area (Å²) in [5, 5.41) is 0. The fraction of sp³-hybridized carbons (Fsp3) is 0.900. The Bertz CT molecular complexity index is 1020. The van der Waals surface area contributed by atoms with Crippen molar-refractivity contribution in [2.75, 3.05) is 52.9 Å². The molecule has 4 saturated heterocycles. The molecule has 0 spiro atoms. The Morgan fingerprint density at radius 1 is 0.429 bits per heavy atom. The minimum atomic E-state index is -0.367. The third kappa shape index (κ3) is 19.8. The highest BCUT2D eigenvalue weighted by Crippen LogP contribution is 2.19. The van der Waals surface area contributed by atoms with Crippen molar-refractivity contribution in [3.63, 3.8) is 0 Å². The van der Waals surface area contributed by atoms with E-state index in [1.807, 2.05) is 27.7 Å². The summed E-state index contributed by atoms with van der Waals surface area (Å²) in [6.07, 6.45) is 4.63. The van der Waals surface area contributed by atoms with Crippen molar-refractivity contribution >= 4 is 23.9 Å². The van der Waals surface area contributed by atoms with E-state index >= 15 is 0 Å². The SMILES string of the molecule is CC(C)C1OCC(OC(=O)CCCCC(=O)OC2COC(C(C)C)OC2)CO1.CCCC1OCC(OC(=O)CCCCC(=O)OC2COC(CCC)OC2)CO1. The Kier molecular flexibility index (Phi) is 23.4. The van der Waals surface area contributed by atoms with E-state index in [0.29, 0.717) is 78.5 Å². The number of carbonyl (C=O) groups excluding carboxylic acids is 4. The van der Waals surface area contributed by atoms with Gasteiger partial charge in [-0.3, -0.25) is 19.2 Å². The molecule has 16 heteroatoms. The van der Waals surface area contributed by atoms with Gasteiger partial charge in [-0.25, -0.2) is 0 Å². The minimum Gasteiger partial charge on any atom is -0.457 e. The molecule has 324 valence electrons. The number of rotatable bonds is 20. The van der Waals surface area contributed by atoms with Crippen LogP contribution >= 0.6 is 0 Å². The zero-order valence-electron chi connectivity index (χ0n) is 34.4. The maximum atomic E-state index is 11.9. The standard InChI is InChI=1S/2C20H34O8/c1-13(2)19-23-9-15(10-24-19)27-17(21)7-5-6-8-18(22)28-16-11-25-20(14(3)4)26-12-16;1-3-7-19-23-11-15(12-24-19)27-17(21)9-5-6-10-18(22)28-16-13-25-20(8-4-2)26-14-16/h13-16,19-20H,5-12H2,1-4H3;15-16,19-20H,3-14H2,1-2H3. The van der Waals surface area contributed by atoms with Crippen LogP contribution in [0.4, 0.5) is 0 Å². The molecule has 0 aromatic heterocycles. The van der Waals surface area contributed by atoms with Gasteiger partial charge in [0.25, 0.3) is 0 Å². The second-order valence-electron chi connectivity index (χ2n) is 15.2. The van der Waals surface area contributed by atoms with Crippen LogP contribution in [0.25, 0.3) is 0 Å². The number of esters is 4. The third-order valence-corrected chi connectivity index (χ3v) is 9.01. The maximum Gasteiger partial charge on any atom is 0.306 e. The lowest BCUT2D eigenvalue weighted by Crippen LogP contribution is -2.40. The van der Waals surface area contributed by atoms with Crippen molar-refractivity contribution in [3.8, 4) is 0 Å². The van der Waals surface area contributed by atoms with Gasteiger partial charge in [0, 0.05) is 37.5 Å². The predicted molar refractivity (Wildman–Crippen MR) is 199 cm³/mol. The fourth-order valence-electron chi connectivity index (χ4n) is 5.96. The van der Waals surface area contributed by atoms with Gasteiger partial charge in [-0.1, -0.05) is 54.4 Å². The van der Waals surface area contributed by atoms with E-state index in [0.717, 1.165) is 25.7 Å². The molecule has 0 unspecified atom stereocenters. The highest BCUT2D eigenvalue weighted by atomic mass is 16.7. The van der Waals surface area contributed by atoms with Crippen molar-refractivity contribution < 1.29 is 76.0 Å². The normalized spacial score (nSPS) is 28.1. The molecule has 0 aliphatic carbocycles. The second-order valence-corrected chi connectivity index (χ2v) is 15.2. The molecule has 0 bridgehead atoms. The molecule has 4 fully saturated rings. The molecule has 4 heterocycles. The summed E-state index contributed by atoms with van der Waals surface area (Å²) >= 11 is 0. The highest BCUT2D eigenvalue weighted by molar-refractivity contribution is 5.71. The van der Waals surface area contributed by atoms with Crippen LogP contribution in [-0.4, -0.2) is 126 Å². The van der Waals surface area contributed by atoms with E-state index in [4.69, 9.17) is 56.8 Å². The number of carbonyl (C=O) groups is 4. The molecule has 0 atom stereocenters. The molecule has 0 amide bonds. The molecule has 0 N–H and O–H groups in total. The van der Waals surface area contributed by atoms with Crippen LogP contribution < -0.4 is 0 Å². The van der Waals surface area contributed by atoms with Crippen LogP contribution in [0.15, 0.2) is 0 Å². The van der Waals surface area contributed by atoms with Gasteiger partial charge in [0.2, 0.25) is 0 Å². The van der Waals surface area contributed by atoms with Crippen LogP contribution in [0.1, 0.15) is 119 Å². The summed E-state index contributed by atoms with van der Waals surface area (Å²) in [5.41, 5.74) is 0. The molecule has 0 aromatic rings. The summed E-state index contributed by atoms with van der Waals surface area (Å²) in [5.74, 6) is -0.671.